The molecule has 1 amide bonds. The third-order valence-electron chi connectivity index (χ3n) is 4.53. The second kappa shape index (κ2) is 6.64. The molecule has 0 atom stereocenters. The number of hydrogen-bond donors (Lipinski definition) is 1. The summed E-state index contributed by atoms with van der Waals surface area (Å²) in [4.78, 5) is 14.1. The number of carbonyl (C=O) groups excluding carboxylic acids is 1. The van der Waals surface area contributed by atoms with Crippen LogP contribution in [0.25, 0.3) is 11.1 Å². The van der Waals surface area contributed by atoms with Crippen LogP contribution in [0.4, 0.5) is 14.5 Å². The summed E-state index contributed by atoms with van der Waals surface area (Å²) in [6.45, 7) is 0.291. The molecule has 4 rings (SSSR count). The number of rotatable bonds is 3. The van der Waals surface area contributed by atoms with Gasteiger partial charge in [0, 0.05) is 5.56 Å². The number of fused-ring (bicyclic) bond motifs is 1. The first-order valence-electron chi connectivity index (χ1n) is 8.27. The van der Waals surface area contributed by atoms with Crippen molar-refractivity contribution >= 4 is 17.3 Å². The Balaban J connectivity index is 1.81. The lowest BCUT2D eigenvalue weighted by Crippen LogP contribution is -2.29. The van der Waals surface area contributed by atoms with Crippen LogP contribution in [-0.2, 0) is 11.3 Å². The Bertz CT molecular complexity index is 1040. The molecule has 3 aromatic rings. The van der Waals surface area contributed by atoms with Gasteiger partial charge >= 0.3 is 0 Å². The first kappa shape index (κ1) is 16.9. The zero-order valence-electron chi connectivity index (χ0n) is 14.1. The van der Waals surface area contributed by atoms with Crippen LogP contribution in [0.2, 0.25) is 0 Å². The lowest BCUT2D eigenvalue weighted by atomic mass is 10.00. The van der Waals surface area contributed by atoms with Crippen LogP contribution in [0.15, 0.2) is 71.9 Å². The summed E-state index contributed by atoms with van der Waals surface area (Å²) in [5.41, 5.74) is 1.68. The van der Waals surface area contributed by atoms with E-state index >= 15 is 0 Å². The van der Waals surface area contributed by atoms with Crippen LogP contribution in [-0.4, -0.2) is 16.8 Å². The molecular formula is C21H14F2N2O2. The fourth-order valence-electron chi connectivity index (χ4n) is 3.26. The van der Waals surface area contributed by atoms with Gasteiger partial charge in [-0.25, -0.2) is 8.78 Å². The zero-order valence-corrected chi connectivity index (χ0v) is 14.1. The van der Waals surface area contributed by atoms with Crippen molar-refractivity contribution in [3.05, 3.63) is 89.5 Å². The maximum Gasteiger partial charge on any atom is 0.281 e. The monoisotopic (exact) mass is 364 g/mol. The fraction of sp³-hybridized carbons (Fsp3) is 0.0476. The normalized spacial score (nSPS) is 14.7. The predicted molar refractivity (Wildman–Crippen MR) is 97.7 cm³/mol. The molecule has 0 saturated heterocycles. The van der Waals surface area contributed by atoms with E-state index in [2.05, 4.69) is 5.16 Å². The molecule has 1 aliphatic heterocycles. The molecule has 0 radical (unpaired) electrons. The summed E-state index contributed by atoms with van der Waals surface area (Å²) in [6, 6.07) is 17.6. The van der Waals surface area contributed by atoms with Gasteiger partial charge in [-0.2, -0.15) is 0 Å². The topological polar surface area (TPSA) is 52.9 Å². The summed E-state index contributed by atoms with van der Waals surface area (Å²) in [6.07, 6.45) is 0. The molecular weight excluding hydrogens is 350 g/mol. The molecule has 0 aliphatic carbocycles. The molecule has 0 unspecified atom stereocenters. The van der Waals surface area contributed by atoms with Crippen molar-refractivity contribution in [2.45, 2.75) is 6.54 Å². The van der Waals surface area contributed by atoms with Gasteiger partial charge in [-0.05, 0) is 35.4 Å². The van der Waals surface area contributed by atoms with Crippen molar-refractivity contribution in [3.8, 4) is 11.1 Å². The Morgan fingerprint density at radius 1 is 0.926 bits per heavy atom. The molecule has 4 nitrogen and oxygen atoms in total. The van der Waals surface area contributed by atoms with E-state index in [1.54, 1.807) is 12.1 Å². The van der Waals surface area contributed by atoms with Crippen LogP contribution in [0.1, 0.15) is 11.1 Å². The maximum absolute atomic E-state index is 14.1. The highest BCUT2D eigenvalue weighted by atomic mass is 19.1. The number of amides is 1. The second-order valence-electron chi connectivity index (χ2n) is 6.15. The molecule has 0 fully saturated rings. The van der Waals surface area contributed by atoms with Gasteiger partial charge in [-0.3, -0.25) is 4.79 Å². The van der Waals surface area contributed by atoms with E-state index in [1.165, 1.54) is 29.2 Å². The average Bonchev–Trinajstić information content (AvgIpc) is 2.93. The lowest BCUT2D eigenvalue weighted by Gasteiger charge is -2.17. The molecule has 134 valence electrons. The van der Waals surface area contributed by atoms with E-state index in [0.717, 1.165) is 5.56 Å². The van der Waals surface area contributed by atoms with Gasteiger partial charge in [0.05, 0.1) is 17.8 Å². The Morgan fingerprint density at radius 3 is 2.30 bits per heavy atom. The quantitative estimate of drug-likeness (QED) is 0.555. The summed E-state index contributed by atoms with van der Waals surface area (Å²) >= 11 is 0. The average molecular weight is 364 g/mol. The van der Waals surface area contributed by atoms with Crippen LogP contribution in [0, 0.1) is 11.6 Å². The molecule has 1 aliphatic rings. The van der Waals surface area contributed by atoms with E-state index < -0.39 is 17.5 Å². The number of carbonyl (C=O) groups is 1. The van der Waals surface area contributed by atoms with Crippen molar-refractivity contribution < 1.29 is 18.8 Å². The van der Waals surface area contributed by atoms with Gasteiger partial charge in [0.1, 0.15) is 11.6 Å². The second-order valence-corrected chi connectivity index (χ2v) is 6.15. The van der Waals surface area contributed by atoms with Crippen molar-refractivity contribution in [2.75, 3.05) is 4.90 Å². The highest BCUT2D eigenvalue weighted by Crippen LogP contribution is 2.35. The smallest absolute Gasteiger partial charge is 0.281 e. The standard InChI is InChI=1S/C21H14F2N2O2/c22-16-7-4-8-17(23)19(16)14-9-10-18-15(11-14)20(24-27)21(26)25(18)12-13-5-2-1-3-6-13/h1-11,27H,12H2/b24-20-. The summed E-state index contributed by atoms with van der Waals surface area (Å²) in [5.74, 6) is -1.88. The Kier molecular flexibility index (Phi) is 4.16. The van der Waals surface area contributed by atoms with E-state index in [9.17, 15) is 18.8 Å². The van der Waals surface area contributed by atoms with Crippen LogP contribution in [0.5, 0.6) is 0 Å². The minimum Gasteiger partial charge on any atom is -0.410 e. The van der Waals surface area contributed by atoms with E-state index in [1.807, 2.05) is 30.3 Å². The Hall–Kier alpha value is -3.54. The van der Waals surface area contributed by atoms with Gasteiger partial charge in [0.2, 0.25) is 0 Å². The van der Waals surface area contributed by atoms with Crippen molar-refractivity contribution in [2.24, 2.45) is 5.16 Å². The van der Waals surface area contributed by atoms with Crippen LogP contribution < -0.4 is 4.90 Å². The number of halogens is 2. The third-order valence-corrected chi connectivity index (χ3v) is 4.53. The fourth-order valence-corrected chi connectivity index (χ4v) is 3.26. The number of hydrogen-bond acceptors (Lipinski definition) is 3. The number of benzene rings is 3. The first-order valence-corrected chi connectivity index (χ1v) is 8.27. The first-order chi connectivity index (χ1) is 13.1. The molecule has 0 bridgehead atoms. The lowest BCUT2D eigenvalue weighted by molar-refractivity contribution is -0.112. The van der Waals surface area contributed by atoms with Crippen LogP contribution >= 0.6 is 0 Å². The van der Waals surface area contributed by atoms with Crippen molar-refractivity contribution in [1.82, 2.24) is 0 Å². The molecule has 6 heteroatoms. The molecule has 0 aromatic heterocycles. The molecule has 27 heavy (non-hydrogen) atoms. The van der Waals surface area contributed by atoms with Crippen LogP contribution in [0.3, 0.4) is 0 Å². The van der Waals surface area contributed by atoms with Crippen molar-refractivity contribution in [3.63, 3.8) is 0 Å². The molecule has 1 heterocycles. The number of anilines is 1. The van der Waals surface area contributed by atoms with Gasteiger partial charge < -0.3 is 10.1 Å². The third kappa shape index (κ3) is 2.85. The summed E-state index contributed by atoms with van der Waals surface area (Å²) in [7, 11) is 0. The Morgan fingerprint density at radius 2 is 1.63 bits per heavy atom. The van der Waals surface area contributed by atoms with E-state index in [4.69, 9.17) is 0 Å². The Labute approximate surface area is 154 Å². The molecule has 0 spiro atoms. The largest absolute Gasteiger partial charge is 0.410 e. The number of nitrogens with zero attached hydrogens (tertiary/aromatic N) is 2. The molecule has 3 aromatic carbocycles. The molecule has 0 saturated carbocycles. The zero-order chi connectivity index (χ0) is 19.0. The summed E-state index contributed by atoms with van der Waals surface area (Å²) in [5, 5.41) is 12.4. The highest BCUT2D eigenvalue weighted by Gasteiger charge is 2.35. The summed E-state index contributed by atoms with van der Waals surface area (Å²) < 4.78 is 28.2. The van der Waals surface area contributed by atoms with Crippen molar-refractivity contribution in [1.29, 1.82) is 0 Å². The van der Waals surface area contributed by atoms with E-state index in [-0.39, 0.29) is 16.8 Å². The van der Waals surface area contributed by atoms with Gasteiger partial charge in [0.25, 0.3) is 5.91 Å². The SMILES string of the molecule is O=C1/C(=N\O)c2cc(-c3c(F)cccc3F)ccc2N1Cc1ccccc1. The maximum atomic E-state index is 14.1. The molecule has 1 N–H and O–H groups in total. The predicted octanol–water partition coefficient (Wildman–Crippen LogP) is 4.36. The van der Waals surface area contributed by atoms with Gasteiger partial charge in [-0.1, -0.05) is 47.6 Å². The minimum atomic E-state index is -0.706. The number of oxime groups is 1. The van der Waals surface area contributed by atoms with Gasteiger partial charge in [0.15, 0.2) is 5.71 Å². The highest BCUT2D eigenvalue weighted by molar-refractivity contribution is 6.54. The van der Waals surface area contributed by atoms with E-state index in [0.29, 0.717) is 17.8 Å². The minimum absolute atomic E-state index is 0.153. The van der Waals surface area contributed by atoms with Gasteiger partial charge in [-0.15, -0.1) is 0 Å².